The van der Waals surface area contributed by atoms with Crippen LogP contribution < -0.4 is 4.74 Å². The van der Waals surface area contributed by atoms with E-state index in [9.17, 15) is 9.59 Å². The van der Waals surface area contributed by atoms with Gasteiger partial charge in [-0.2, -0.15) is 0 Å². The van der Waals surface area contributed by atoms with Gasteiger partial charge in [-0.05, 0) is 24.6 Å². The highest BCUT2D eigenvalue weighted by molar-refractivity contribution is 5.94. The first-order valence-electron chi connectivity index (χ1n) is 8.28. The van der Waals surface area contributed by atoms with Gasteiger partial charge in [0.15, 0.2) is 12.5 Å². The molecule has 1 aromatic carbocycles. The molecule has 9 nitrogen and oxygen atoms in total. The van der Waals surface area contributed by atoms with E-state index in [2.05, 4.69) is 15.0 Å². The molecule has 1 atom stereocenters. The second-order valence-corrected chi connectivity index (χ2v) is 6.20. The molecule has 1 aromatic heterocycles. The molecule has 0 N–H and O–H groups in total. The zero-order valence-corrected chi connectivity index (χ0v) is 14.3. The van der Waals surface area contributed by atoms with E-state index in [-0.39, 0.29) is 24.4 Å². The molecular formula is C17H18N4O5. The minimum absolute atomic E-state index is 0.0193. The topological polar surface area (TPSA) is 95.8 Å². The highest BCUT2D eigenvalue weighted by Crippen LogP contribution is 2.27. The number of ether oxygens (including phenoxy) is 3. The van der Waals surface area contributed by atoms with Crippen molar-refractivity contribution in [2.45, 2.75) is 19.1 Å². The monoisotopic (exact) mass is 358 g/mol. The Hall–Kier alpha value is -2.94. The first-order valence-corrected chi connectivity index (χ1v) is 8.28. The Morgan fingerprint density at radius 1 is 1.35 bits per heavy atom. The fraction of sp³-hybridized carbons (Fsp3) is 0.412. The van der Waals surface area contributed by atoms with Crippen molar-refractivity contribution < 1.29 is 23.8 Å². The molecule has 136 valence electrons. The number of esters is 1. The zero-order valence-electron chi connectivity index (χ0n) is 14.3. The summed E-state index contributed by atoms with van der Waals surface area (Å²) < 4.78 is 16.9. The Morgan fingerprint density at radius 3 is 3.08 bits per heavy atom. The molecular weight excluding hydrogens is 340 g/mol. The lowest BCUT2D eigenvalue weighted by molar-refractivity contribution is -0.0164. The van der Waals surface area contributed by atoms with Gasteiger partial charge in [0, 0.05) is 24.2 Å². The smallest absolute Gasteiger partial charge is 0.360 e. The molecule has 1 fully saturated rings. The quantitative estimate of drug-likeness (QED) is 0.756. The summed E-state index contributed by atoms with van der Waals surface area (Å²) in [4.78, 5) is 26.1. The average molecular weight is 358 g/mol. The molecule has 1 unspecified atom stereocenters. The van der Waals surface area contributed by atoms with Crippen LogP contribution in [0.25, 0.3) is 0 Å². The lowest BCUT2D eigenvalue weighted by atomic mass is 10.1. The molecule has 2 aliphatic heterocycles. The first-order chi connectivity index (χ1) is 12.7. The van der Waals surface area contributed by atoms with Gasteiger partial charge in [-0.3, -0.25) is 4.79 Å². The summed E-state index contributed by atoms with van der Waals surface area (Å²) in [5.41, 5.74) is 1.64. The molecule has 2 aromatic rings. The van der Waals surface area contributed by atoms with Crippen LogP contribution in [0.3, 0.4) is 0 Å². The van der Waals surface area contributed by atoms with Gasteiger partial charge in [0.1, 0.15) is 5.75 Å². The van der Waals surface area contributed by atoms with Crippen LogP contribution in [0, 0.1) is 0 Å². The number of benzene rings is 1. The van der Waals surface area contributed by atoms with E-state index in [1.54, 1.807) is 27.9 Å². The number of carbonyl (C=O) groups excluding carboxylic acids is 2. The minimum Gasteiger partial charge on any atom is -0.467 e. The van der Waals surface area contributed by atoms with Crippen LogP contribution in [0.1, 0.15) is 38.9 Å². The lowest BCUT2D eigenvalue weighted by Gasteiger charge is -2.20. The van der Waals surface area contributed by atoms with Gasteiger partial charge in [-0.25, -0.2) is 9.48 Å². The van der Waals surface area contributed by atoms with E-state index in [4.69, 9.17) is 9.47 Å². The Bertz CT molecular complexity index is 849. The van der Waals surface area contributed by atoms with E-state index in [0.717, 1.165) is 17.7 Å². The minimum atomic E-state index is -0.527. The largest absolute Gasteiger partial charge is 0.467 e. The number of methoxy groups -OCH3 is 1. The van der Waals surface area contributed by atoms with Crippen LogP contribution in [0.4, 0.5) is 0 Å². The fourth-order valence-corrected chi connectivity index (χ4v) is 3.20. The molecule has 0 aliphatic carbocycles. The summed E-state index contributed by atoms with van der Waals surface area (Å²) in [7, 11) is 1.30. The van der Waals surface area contributed by atoms with Crippen LogP contribution in [0.5, 0.6) is 5.75 Å². The van der Waals surface area contributed by atoms with Crippen molar-refractivity contribution in [2.75, 3.05) is 27.0 Å². The number of fused-ring (bicyclic) bond motifs is 1. The number of aromatic nitrogens is 3. The summed E-state index contributed by atoms with van der Waals surface area (Å²) in [6.07, 6.45) is 2.30. The molecule has 2 aliphatic rings. The number of amides is 1. The molecule has 0 saturated carbocycles. The highest BCUT2D eigenvalue weighted by Gasteiger charge is 2.30. The third-order valence-electron chi connectivity index (χ3n) is 4.59. The van der Waals surface area contributed by atoms with Gasteiger partial charge in [0.25, 0.3) is 5.91 Å². The van der Waals surface area contributed by atoms with Crippen LogP contribution in [0.2, 0.25) is 0 Å². The van der Waals surface area contributed by atoms with E-state index in [1.807, 2.05) is 6.07 Å². The van der Waals surface area contributed by atoms with Crippen LogP contribution in [-0.4, -0.2) is 58.8 Å². The summed E-state index contributed by atoms with van der Waals surface area (Å²) in [5.74, 6) is 0.180. The zero-order chi connectivity index (χ0) is 18.1. The molecule has 0 spiro atoms. The van der Waals surface area contributed by atoms with Gasteiger partial charge in [0.05, 0.1) is 26.0 Å². The maximum atomic E-state index is 12.8. The van der Waals surface area contributed by atoms with Crippen molar-refractivity contribution in [3.05, 3.63) is 41.2 Å². The van der Waals surface area contributed by atoms with Crippen LogP contribution >= 0.6 is 0 Å². The number of rotatable bonds is 3. The van der Waals surface area contributed by atoms with Gasteiger partial charge in [-0.1, -0.05) is 5.21 Å². The van der Waals surface area contributed by atoms with E-state index in [0.29, 0.717) is 25.3 Å². The molecule has 9 heteroatoms. The molecule has 0 radical (unpaired) electrons. The van der Waals surface area contributed by atoms with Crippen molar-refractivity contribution in [2.24, 2.45) is 0 Å². The van der Waals surface area contributed by atoms with Crippen molar-refractivity contribution in [3.63, 3.8) is 0 Å². The number of hydrogen-bond donors (Lipinski definition) is 0. The number of hydrogen-bond acceptors (Lipinski definition) is 7. The Labute approximate surface area is 149 Å². The summed E-state index contributed by atoms with van der Waals surface area (Å²) in [5, 5.41) is 7.80. The SMILES string of the molecule is COC(=O)c1cn(C2CCN(C(=O)c3ccc4c(c3)COCO4)C2)nn1. The Kier molecular flexibility index (Phi) is 4.29. The molecule has 1 saturated heterocycles. The van der Waals surface area contributed by atoms with E-state index in [1.165, 1.54) is 7.11 Å². The highest BCUT2D eigenvalue weighted by atomic mass is 16.7. The molecule has 3 heterocycles. The standard InChI is InChI=1S/C17H18N4O5/c1-24-17(23)14-8-21(19-18-14)13-4-5-20(7-13)16(22)11-2-3-15-12(6-11)9-25-10-26-15/h2-3,6,8,13H,4-5,7,9-10H2,1H3. The number of nitrogens with zero attached hydrogens (tertiary/aromatic N) is 4. The fourth-order valence-electron chi connectivity index (χ4n) is 3.20. The van der Waals surface area contributed by atoms with Gasteiger partial charge in [0.2, 0.25) is 0 Å². The van der Waals surface area contributed by atoms with Gasteiger partial charge < -0.3 is 19.1 Å². The average Bonchev–Trinajstić information content (AvgIpc) is 3.36. The van der Waals surface area contributed by atoms with E-state index >= 15 is 0 Å². The second-order valence-electron chi connectivity index (χ2n) is 6.20. The third-order valence-corrected chi connectivity index (χ3v) is 4.59. The van der Waals surface area contributed by atoms with E-state index < -0.39 is 5.97 Å². The number of carbonyl (C=O) groups is 2. The molecule has 26 heavy (non-hydrogen) atoms. The summed E-state index contributed by atoms with van der Waals surface area (Å²) >= 11 is 0. The maximum absolute atomic E-state index is 12.8. The Morgan fingerprint density at radius 2 is 2.23 bits per heavy atom. The third kappa shape index (κ3) is 3.01. The van der Waals surface area contributed by atoms with Crippen molar-refractivity contribution in [1.29, 1.82) is 0 Å². The second kappa shape index (κ2) is 6.75. The predicted octanol–water partition coefficient (Wildman–Crippen LogP) is 1.02. The molecule has 0 bridgehead atoms. The van der Waals surface area contributed by atoms with Crippen LogP contribution in [-0.2, 0) is 16.1 Å². The normalized spacial score (nSPS) is 19.0. The van der Waals surface area contributed by atoms with Crippen molar-refractivity contribution in [1.82, 2.24) is 19.9 Å². The van der Waals surface area contributed by atoms with Gasteiger partial charge >= 0.3 is 5.97 Å². The van der Waals surface area contributed by atoms with Crippen LogP contribution in [0.15, 0.2) is 24.4 Å². The summed E-state index contributed by atoms with van der Waals surface area (Å²) in [6.45, 7) is 1.79. The molecule has 1 amide bonds. The number of likely N-dealkylation sites (tertiary alicyclic amines) is 1. The maximum Gasteiger partial charge on any atom is 0.360 e. The summed E-state index contributed by atoms with van der Waals surface area (Å²) in [6, 6.07) is 5.37. The van der Waals surface area contributed by atoms with Crippen molar-refractivity contribution >= 4 is 11.9 Å². The first kappa shape index (κ1) is 16.5. The predicted molar refractivity (Wildman–Crippen MR) is 87.6 cm³/mol. The Balaban J connectivity index is 1.46. The lowest BCUT2D eigenvalue weighted by Crippen LogP contribution is -2.29. The molecule has 4 rings (SSSR count). The van der Waals surface area contributed by atoms with Gasteiger partial charge in [-0.15, -0.1) is 5.10 Å². The van der Waals surface area contributed by atoms with Crippen molar-refractivity contribution in [3.8, 4) is 5.75 Å².